The van der Waals surface area contributed by atoms with Gasteiger partial charge in [0.2, 0.25) is 0 Å². The van der Waals surface area contributed by atoms with Crippen molar-refractivity contribution in [2.75, 3.05) is 0 Å². The summed E-state index contributed by atoms with van der Waals surface area (Å²) in [5.41, 5.74) is 1.94. The molecule has 2 heterocycles. The van der Waals surface area contributed by atoms with Crippen molar-refractivity contribution in [3.8, 4) is 11.5 Å². The fourth-order valence-corrected chi connectivity index (χ4v) is 2.63. The molecule has 25 heavy (non-hydrogen) atoms. The van der Waals surface area contributed by atoms with E-state index in [0.29, 0.717) is 5.75 Å². The number of aromatic nitrogens is 3. The van der Waals surface area contributed by atoms with E-state index >= 15 is 0 Å². The molecule has 0 radical (unpaired) electrons. The summed E-state index contributed by atoms with van der Waals surface area (Å²) < 4.78 is 21.7. The van der Waals surface area contributed by atoms with E-state index in [0.717, 1.165) is 11.1 Å². The van der Waals surface area contributed by atoms with E-state index < -0.39 is 5.82 Å². The van der Waals surface area contributed by atoms with E-state index in [4.69, 9.17) is 4.74 Å². The molecular formula is C19H21FN4O. The van der Waals surface area contributed by atoms with Gasteiger partial charge in [0.1, 0.15) is 5.75 Å². The molecule has 1 N–H and O–H groups in total. The highest BCUT2D eigenvalue weighted by atomic mass is 19.1. The lowest BCUT2D eigenvalue weighted by Gasteiger charge is -2.20. The molecule has 3 rings (SSSR count). The standard InChI is InChI=1S/C19H21FN4O/c1-13(23-14(2)16-10-22-24(3)12-16)15-6-7-19(18(20)9-15)25-17-5-4-8-21-11-17/h4-14,23H,1-3H3. The number of aryl methyl sites for hydroxylation is 1. The summed E-state index contributed by atoms with van der Waals surface area (Å²) in [7, 11) is 1.88. The number of pyridine rings is 1. The zero-order valence-electron chi connectivity index (χ0n) is 14.5. The summed E-state index contributed by atoms with van der Waals surface area (Å²) in [6.07, 6.45) is 6.99. The van der Waals surface area contributed by atoms with Gasteiger partial charge in [0, 0.05) is 37.1 Å². The Hall–Kier alpha value is -2.73. The highest BCUT2D eigenvalue weighted by Crippen LogP contribution is 2.27. The van der Waals surface area contributed by atoms with Gasteiger partial charge in [-0.15, -0.1) is 0 Å². The Morgan fingerprint density at radius 1 is 1.12 bits per heavy atom. The first-order valence-electron chi connectivity index (χ1n) is 8.15. The number of rotatable bonds is 6. The molecule has 3 aromatic rings. The summed E-state index contributed by atoms with van der Waals surface area (Å²) in [5, 5.41) is 7.63. The van der Waals surface area contributed by atoms with Crippen molar-refractivity contribution >= 4 is 0 Å². The third kappa shape index (κ3) is 4.22. The van der Waals surface area contributed by atoms with Crippen molar-refractivity contribution in [1.29, 1.82) is 0 Å². The monoisotopic (exact) mass is 340 g/mol. The second-order valence-corrected chi connectivity index (χ2v) is 6.04. The van der Waals surface area contributed by atoms with Gasteiger partial charge in [-0.2, -0.15) is 5.10 Å². The van der Waals surface area contributed by atoms with Crippen molar-refractivity contribution < 1.29 is 9.13 Å². The van der Waals surface area contributed by atoms with Gasteiger partial charge in [0.15, 0.2) is 11.6 Å². The molecule has 2 atom stereocenters. The minimum absolute atomic E-state index is 0.0165. The fourth-order valence-electron chi connectivity index (χ4n) is 2.63. The van der Waals surface area contributed by atoms with E-state index in [9.17, 15) is 4.39 Å². The van der Waals surface area contributed by atoms with Gasteiger partial charge in [-0.25, -0.2) is 4.39 Å². The van der Waals surface area contributed by atoms with Crippen LogP contribution in [0.5, 0.6) is 11.5 Å². The molecule has 0 amide bonds. The molecule has 0 aliphatic carbocycles. The second kappa shape index (κ2) is 7.44. The van der Waals surface area contributed by atoms with Crippen molar-refractivity contribution in [1.82, 2.24) is 20.1 Å². The van der Waals surface area contributed by atoms with E-state index in [1.54, 1.807) is 35.3 Å². The Labute approximate surface area is 146 Å². The van der Waals surface area contributed by atoms with Gasteiger partial charge in [0.05, 0.1) is 12.4 Å². The van der Waals surface area contributed by atoms with Gasteiger partial charge >= 0.3 is 0 Å². The summed E-state index contributed by atoms with van der Waals surface area (Å²) in [6.45, 7) is 4.06. The van der Waals surface area contributed by atoms with Crippen LogP contribution in [0, 0.1) is 5.82 Å². The number of ether oxygens (including phenoxy) is 1. The molecule has 0 aliphatic heterocycles. The normalized spacial score (nSPS) is 13.4. The number of benzene rings is 1. The van der Waals surface area contributed by atoms with Crippen LogP contribution in [-0.2, 0) is 7.05 Å². The molecule has 2 aromatic heterocycles. The van der Waals surface area contributed by atoms with Gasteiger partial charge in [-0.05, 0) is 43.7 Å². The first-order valence-corrected chi connectivity index (χ1v) is 8.15. The predicted octanol–water partition coefficient (Wildman–Crippen LogP) is 4.16. The largest absolute Gasteiger partial charge is 0.453 e. The summed E-state index contributed by atoms with van der Waals surface area (Å²) in [6, 6.07) is 8.58. The number of hydrogen-bond donors (Lipinski definition) is 1. The maximum absolute atomic E-state index is 14.4. The molecule has 0 saturated heterocycles. The van der Waals surface area contributed by atoms with Crippen molar-refractivity contribution in [3.05, 3.63) is 72.1 Å². The highest BCUT2D eigenvalue weighted by Gasteiger charge is 2.15. The minimum Gasteiger partial charge on any atom is -0.453 e. The number of halogens is 1. The van der Waals surface area contributed by atoms with Gasteiger partial charge < -0.3 is 10.1 Å². The van der Waals surface area contributed by atoms with E-state index in [-0.39, 0.29) is 17.8 Å². The van der Waals surface area contributed by atoms with Crippen molar-refractivity contribution in [3.63, 3.8) is 0 Å². The van der Waals surface area contributed by atoms with Crippen LogP contribution in [0.3, 0.4) is 0 Å². The van der Waals surface area contributed by atoms with Crippen LogP contribution in [0.1, 0.15) is 37.1 Å². The van der Waals surface area contributed by atoms with Crippen molar-refractivity contribution in [2.24, 2.45) is 7.05 Å². The Morgan fingerprint density at radius 2 is 1.92 bits per heavy atom. The first-order chi connectivity index (χ1) is 12.0. The molecule has 0 fully saturated rings. The lowest BCUT2D eigenvalue weighted by molar-refractivity contribution is 0.437. The van der Waals surface area contributed by atoms with E-state index in [1.807, 2.05) is 32.4 Å². The molecule has 0 aliphatic rings. The Kier molecular flexibility index (Phi) is 5.09. The zero-order valence-corrected chi connectivity index (χ0v) is 14.5. The molecule has 5 nitrogen and oxygen atoms in total. The molecule has 1 aromatic carbocycles. The van der Waals surface area contributed by atoms with Crippen molar-refractivity contribution in [2.45, 2.75) is 25.9 Å². The molecule has 6 heteroatoms. The Balaban J connectivity index is 1.69. The quantitative estimate of drug-likeness (QED) is 0.732. The lowest BCUT2D eigenvalue weighted by atomic mass is 10.1. The van der Waals surface area contributed by atoms with Crippen LogP contribution in [0.4, 0.5) is 4.39 Å². The molecule has 0 spiro atoms. The van der Waals surface area contributed by atoms with E-state index in [1.165, 1.54) is 6.07 Å². The van der Waals surface area contributed by atoms with Crippen LogP contribution in [0.2, 0.25) is 0 Å². The maximum Gasteiger partial charge on any atom is 0.166 e. The number of nitrogens with one attached hydrogen (secondary N) is 1. The molecule has 2 unspecified atom stereocenters. The maximum atomic E-state index is 14.4. The average Bonchev–Trinajstić information content (AvgIpc) is 3.04. The third-order valence-electron chi connectivity index (χ3n) is 4.04. The molecule has 0 saturated carbocycles. The van der Waals surface area contributed by atoms with E-state index in [2.05, 4.69) is 22.3 Å². The van der Waals surface area contributed by atoms with Gasteiger partial charge in [0.25, 0.3) is 0 Å². The van der Waals surface area contributed by atoms with Crippen LogP contribution < -0.4 is 10.1 Å². The topological polar surface area (TPSA) is 52.0 Å². The number of hydrogen-bond acceptors (Lipinski definition) is 4. The minimum atomic E-state index is -0.399. The van der Waals surface area contributed by atoms with Crippen LogP contribution in [-0.4, -0.2) is 14.8 Å². The second-order valence-electron chi connectivity index (χ2n) is 6.04. The van der Waals surface area contributed by atoms with Gasteiger partial charge in [-0.1, -0.05) is 6.07 Å². The summed E-state index contributed by atoms with van der Waals surface area (Å²) in [4.78, 5) is 3.96. The first kappa shape index (κ1) is 17.1. The predicted molar refractivity (Wildman–Crippen MR) is 93.9 cm³/mol. The average molecular weight is 340 g/mol. The molecule has 0 bridgehead atoms. The fraction of sp³-hybridized carbons (Fsp3) is 0.263. The number of nitrogens with zero attached hydrogens (tertiary/aromatic N) is 3. The summed E-state index contributed by atoms with van der Waals surface area (Å²) >= 11 is 0. The Bertz CT molecular complexity index is 834. The zero-order chi connectivity index (χ0) is 17.8. The molecule has 130 valence electrons. The van der Waals surface area contributed by atoms with Gasteiger partial charge in [-0.3, -0.25) is 9.67 Å². The summed E-state index contributed by atoms with van der Waals surface area (Å²) in [5.74, 6) is 0.291. The van der Waals surface area contributed by atoms with Crippen LogP contribution in [0.15, 0.2) is 55.1 Å². The van der Waals surface area contributed by atoms with Crippen LogP contribution in [0.25, 0.3) is 0 Å². The van der Waals surface area contributed by atoms with Crippen LogP contribution >= 0.6 is 0 Å². The third-order valence-corrected chi connectivity index (χ3v) is 4.04. The highest BCUT2D eigenvalue weighted by molar-refractivity contribution is 5.34. The SMILES string of the molecule is CC(NC(C)c1cnn(C)c1)c1ccc(Oc2cccnc2)c(F)c1. The molecular weight excluding hydrogens is 319 g/mol. The smallest absolute Gasteiger partial charge is 0.166 e. The lowest BCUT2D eigenvalue weighted by Crippen LogP contribution is -2.22. The Morgan fingerprint density at radius 3 is 2.56 bits per heavy atom.